The second-order valence-corrected chi connectivity index (χ2v) is 5.15. The number of unbranched alkanes of at least 4 members (excludes halogenated alkanes) is 2. The van der Waals surface area contributed by atoms with Crippen LogP contribution in [0, 0.1) is 0 Å². The summed E-state index contributed by atoms with van der Waals surface area (Å²) in [5.74, 6) is 0. The average molecular weight is 254 g/mol. The van der Waals surface area contributed by atoms with Crippen molar-refractivity contribution >= 4 is 0 Å². The van der Waals surface area contributed by atoms with Gasteiger partial charge in [0.1, 0.15) is 0 Å². The number of hydrogen-bond donors (Lipinski definition) is 1. The molecule has 1 N–H and O–H groups in total. The van der Waals surface area contributed by atoms with E-state index in [2.05, 4.69) is 39.8 Å². The van der Waals surface area contributed by atoms with Gasteiger partial charge in [0.25, 0.3) is 0 Å². The normalized spacial score (nSPS) is 13.5. The summed E-state index contributed by atoms with van der Waals surface area (Å²) in [5.41, 5.74) is 2.69. The van der Waals surface area contributed by atoms with Crippen LogP contribution in [0.4, 0.5) is 0 Å². The van der Waals surface area contributed by atoms with Gasteiger partial charge >= 0.3 is 0 Å². The lowest BCUT2D eigenvalue weighted by Crippen LogP contribution is -2.11. The quantitative estimate of drug-likeness (QED) is 0.351. The van der Waals surface area contributed by atoms with Crippen LogP contribution in [0.1, 0.15) is 66.2 Å². The molecule has 2 heteroatoms. The van der Waals surface area contributed by atoms with Crippen molar-refractivity contribution in [3.63, 3.8) is 0 Å². The van der Waals surface area contributed by atoms with E-state index in [1.165, 1.54) is 17.6 Å². The molecule has 0 heterocycles. The molecule has 0 aliphatic carbocycles. The molecule has 0 aromatic carbocycles. The molecule has 0 radical (unpaired) electrons. The fourth-order valence-corrected chi connectivity index (χ4v) is 1.64. The lowest BCUT2D eigenvalue weighted by Gasteiger charge is -2.10. The Balaban J connectivity index is 3.63. The molecular weight excluding hydrogens is 224 g/mol. The summed E-state index contributed by atoms with van der Waals surface area (Å²) in [4.78, 5) is 0. The van der Waals surface area contributed by atoms with Crippen molar-refractivity contribution in [2.24, 2.45) is 0 Å². The molecule has 0 amide bonds. The van der Waals surface area contributed by atoms with Gasteiger partial charge in [-0.05, 0) is 46.5 Å². The van der Waals surface area contributed by atoms with E-state index < -0.39 is 6.29 Å². The van der Waals surface area contributed by atoms with Gasteiger partial charge in [-0.3, -0.25) is 0 Å². The van der Waals surface area contributed by atoms with Gasteiger partial charge in [0, 0.05) is 0 Å². The molecule has 1 atom stereocenters. The van der Waals surface area contributed by atoms with Crippen LogP contribution in [0.5, 0.6) is 0 Å². The minimum Gasteiger partial charge on any atom is -0.368 e. The smallest absolute Gasteiger partial charge is 0.154 e. The lowest BCUT2D eigenvalue weighted by atomic mass is 10.1. The van der Waals surface area contributed by atoms with Gasteiger partial charge in [-0.25, -0.2) is 0 Å². The van der Waals surface area contributed by atoms with Crippen LogP contribution >= 0.6 is 0 Å². The first-order valence-corrected chi connectivity index (χ1v) is 7.15. The van der Waals surface area contributed by atoms with E-state index in [1.54, 1.807) is 0 Å². The summed E-state index contributed by atoms with van der Waals surface area (Å²) >= 11 is 0. The third-order valence-corrected chi connectivity index (χ3v) is 2.87. The van der Waals surface area contributed by atoms with Crippen LogP contribution in [-0.2, 0) is 4.74 Å². The molecular formula is C16H30O2. The first-order chi connectivity index (χ1) is 8.56. The Kier molecular flexibility index (Phi) is 11.1. The largest absolute Gasteiger partial charge is 0.368 e. The Morgan fingerprint density at radius 3 is 2.50 bits per heavy atom. The van der Waals surface area contributed by atoms with Crippen LogP contribution < -0.4 is 0 Å². The van der Waals surface area contributed by atoms with E-state index in [0.29, 0.717) is 6.61 Å². The van der Waals surface area contributed by atoms with E-state index in [1.807, 2.05) is 0 Å². The number of allylic oxidation sites excluding steroid dienone is 3. The summed E-state index contributed by atoms with van der Waals surface area (Å²) in [6, 6.07) is 0. The lowest BCUT2D eigenvalue weighted by molar-refractivity contribution is -0.0939. The molecule has 0 aromatic rings. The molecule has 0 rings (SSSR count). The molecule has 1 unspecified atom stereocenters. The fraction of sp³-hybridized carbons (Fsp3) is 0.750. The molecule has 0 aliphatic heterocycles. The Bertz CT molecular complexity index is 250. The highest BCUT2D eigenvalue weighted by atomic mass is 16.6. The fourth-order valence-electron chi connectivity index (χ4n) is 1.64. The van der Waals surface area contributed by atoms with E-state index in [4.69, 9.17) is 4.74 Å². The molecule has 0 saturated heterocycles. The van der Waals surface area contributed by atoms with Gasteiger partial charge in [0.05, 0.1) is 6.61 Å². The molecule has 2 nitrogen and oxygen atoms in total. The Labute approximate surface area is 113 Å². The Hall–Kier alpha value is -0.600. The molecule has 0 bridgehead atoms. The SMILES string of the molecule is CCCCCC(O)OC/C=C(\C)CCC=C(C)C. The standard InChI is InChI=1S/C16H30O2/c1-5-6-7-11-16(17)18-13-12-15(4)10-8-9-14(2)3/h9,12,16-17H,5-8,10-11,13H2,1-4H3/b15-12+. The van der Waals surface area contributed by atoms with E-state index in [-0.39, 0.29) is 0 Å². The summed E-state index contributed by atoms with van der Waals surface area (Å²) < 4.78 is 5.35. The van der Waals surface area contributed by atoms with Crippen molar-refractivity contribution in [2.75, 3.05) is 6.61 Å². The Morgan fingerprint density at radius 1 is 1.17 bits per heavy atom. The van der Waals surface area contributed by atoms with Crippen molar-refractivity contribution < 1.29 is 9.84 Å². The molecule has 106 valence electrons. The number of aliphatic hydroxyl groups is 1. The van der Waals surface area contributed by atoms with E-state index in [0.717, 1.165) is 32.1 Å². The van der Waals surface area contributed by atoms with E-state index in [9.17, 15) is 5.11 Å². The maximum atomic E-state index is 9.58. The minimum atomic E-state index is -0.599. The zero-order valence-electron chi connectivity index (χ0n) is 12.5. The molecule has 0 aromatic heterocycles. The highest BCUT2D eigenvalue weighted by Crippen LogP contribution is 2.08. The van der Waals surface area contributed by atoms with Crippen LogP contribution in [0.3, 0.4) is 0 Å². The first-order valence-electron chi connectivity index (χ1n) is 7.15. The van der Waals surface area contributed by atoms with Gasteiger partial charge in [0.15, 0.2) is 6.29 Å². The summed E-state index contributed by atoms with van der Waals surface area (Å²) in [6.07, 6.45) is 10.0. The minimum absolute atomic E-state index is 0.522. The zero-order chi connectivity index (χ0) is 13.8. The highest BCUT2D eigenvalue weighted by molar-refractivity contribution is 5.02. The third-order valence-electron chi connectivity index (χ3n) is 2.87. The maximum Gasteiger partial charge on any atom is 0.154 e. The highest BCUT2D eigenvalue weighted by Gasteiger charge is 2.01. The summed E-state index contributed by atoms with van der Waals surface area (Å²) in [7, 11) is 0. The monoisotopic (exact) mass is 254 g/mol. The number of hydrogen-bond acceptors (Lipinski definition) is 2. The van der Waals surface area contributed by atoms with Crippen molar-refractivity contribution in [3.8, 4) is 0 Å². The maximum absolute atomic E-state index is 9.58. The van der Waals surface area contributed by atoms with Crippen LogP contribution in [0.2, 0.25) is 0 Å². The molecule has 0 fully saturated rings. The molecule has 0 aliphatic rings. The number of rotatable bonds is 10. The summed E-state index contributed by atoms with van der Waals surface area (Å²) in [5, 5.41) is 9.58. The van der Waals surface area contributed by atoms with Crippen LogP contribution in [-0.4, -0.2) is 18.0 Å². The van der Waals surface area contributed by atoms with Gasteiger partial charge in [-0.15, -0.1) is 0 Å². The molecule has 0 saturated carbocycles. The second-order valence-electron chi connectivity index (χ2n) is 5.15. The number of ether oxygens (including phenoxy) is 1. The molecule has 0 spiro atoms. The van der Waals surface area contributed by atoms with Gasteiger partial charge in [-0.1, -0.05) is 43.1 Å². The first kappa shape index (κ1) is 17.4. The predicted octanol–water partition coefficient (Wildman–Crippen LogP) is 4.59. The molecule has 18 heavy (non-hydrogen) atoms. The predicted molar refractivity (Wildman–Crippen MR) is 78.5 cm³/mol. The van der Waals surface area contributed by atoms with E-state index >= 15 is 0 Å². The van der Waals surface area contributed by atoms with Crippen molar-refractivity contribution in [3.05, 3.63) is 23.3 Å². The van der Waals surface area contributed by atoms with Crippen molar-refractivity contribution in [1.29, 1.82) is 0 Å². The van der Waals surface area contributed by atoms with Crippen LogP contribution in [0.25, 0.3) is 0 Å². The van der Waals surface area contributed by atoms with Crippen molar-refractivity contribution in [2.45, 2.75) is 72.5 Å². The van der Waals surface area contributed by atoms with Gasteiger partial charge in [-0.2, -0.15) is 0 Å². The Morgan fingerprint density at radius 2 is 1.89 bits per heavy atom. The van der Waals surface area contributed by atoms with Gasteiger partial charge < -0.3 is 9.84 Å². The topological polar surface area (TPSA) is 29.5 Å². The number of aliphatic hydroxyl groups excluding tert-OH is 1. The second kappa shape index (κ2) is 11.5. The summed E-state index contributed by atoms with van der Waals surface area (Å²) in [6.45, 7) is 9.04. The third kappa shape index (κ3) is 11.9. The zero-order valence-corrected chi connectivity index (χ0v) is 12.5. The van der Waals surface area contributed by atoms with Crippen molar-refractivity contribution in [1.82, 2.24) is 0 Å². The van der Waals surface area contributed by atoms with Gasteiger partial charge in [0.2, 0.25) is 0 Å². The average Bonchev–Trinajstić information content (AvgIpc) is 2.29. The van der Waals surface area contributed by atoms with Crippen LogP contribution in [0.15, 0.2) is 23.3 Å².